The summed E-state index contributed by atoms with van der Waals surface area (Å²) in [7, 11) is 0. The molecule has 2 nitrogen and oxygen atoms in total. The number of aliphatic hydroxyl groups is 1. The molecule has 0 heterocycles. The predicted molar refractivity (Wildman–Crippen MR) is 62.7 cm³/mol. The van der Waals surface area contributed by atoms with Crippen molar-refractivity contribution in [1.29, 1.82) is 0 Å². The lowest BCUT2D eigenvalue weighted by atomic mass is 9.96. The monoisotopic (exact) mass is 343 g/mol. The highest BCUT2D eigenvalue weighted by atomic mass is 35.5. The van der Waals surface area contributed by atoms with Crippen LogP contribution >= 0.6 is 24.0 Å². The highest BCUT2D eigenvalue weighted by Gasteiger charge is 2.45. The molecule has 0 aromatic heterocycles. The maximum atomic E-state index is 12.7. The number of aliphatic hydroxyl groups excluding tert-OH is 1. The summed E-state index contributed by atoms with van der Waals surface area (Å²) in [5.41, 5.74) is 2.78. The summed E-state index contributed by atoms with van der Waals surface area (Å²) in [5.74, 6) is 0. The molecule has 1 rings (SSSR count). The van der Waals surface area contributed by atoms with E-state index in [1.807, 2.05) is 0 Å². The summed E-state index contributed by atoms with van der Waals surface area (Å²) in [6.07, 6.45) is -13.2. The molecule has 0 aliphatic carbocycles. The maximum Gasteiger partial charge on any atom is 0.416 e. The fourth-order valence-corrected chi connectivity index (χ4v) is 1.61. The third kappa shape index (κ3) is 4.41. The summed E-state index contributed by atoms with van der Waals surface area (Å²) in [4.78, 5) is 0. The SMILES string of the molecule is Cl.N[C@@H](c1ccc(Cl)cc1C(F)(F)F)[C@H](O)C(F)(F)F. The Balaban J connectivity index is 0.00000361. The Hall–Kier alpha value is -0.700. The van der Waals surface area contributed by atoms with Crippen LogP contribution in [0.25, 0.3) is 0 Å². The topological polar surface area (TPSA) is 46.2 Å². The van der Waals surface area contributed by atoms with E-state index in [2.05, 4.69) is 0 Å². The second-order valence-corrected chi connectivity index (χ2v) is 4.18. The van der Waals surface area contributed by atoms with Gasteiger partial charge in [-0.25, -0.2) is 0 Å². The van der Waals surface area contributed by atoms with Crippen molar-refractivity contribution < 1.29 is 31.4 Å². The van der Waals surface area contributed by atoms with Gasteiger partial charge in [-0.3, -0.25) is 0 Å². The van der Waals surface area contributed by atoms with Crippen LogP contribution in [0.4, 0.5) is 26.3 Å². The van der Waals surface area contributed by atoms with E-state index >= 15 is 0 Å². The fraction of sp³-hybridized carbons (Fsp3) is 0.400. The average Bonchev–Trinajstić information content (AvgIpc) is 2.24. The van der Waals surface area contributed by atoms with Crippen LogP contribution in [0.1, 0.15) is 17.2 Å². The first-order chi connectivity index (χ1) is 8.44. The minimum Gasteiger partial charge on any atom is -0.382 e. The van der Waals surface area contributed by atoms with Gasteiger partial charge in [0.15, 0.2) is 6.10 Å². The summed E-state index contributed by atoms with van der Waals surface area (Å²) < 4.78 is 74.8. The molecule has 20 heavy (non-hydrogen) atoms. The summed E-state index contributed by atoms with van der Waals surface area (Å²) in [5, 5.41) is 8.62. The molecule has 0 saturated heterocycles. The van der Waals surface area contributed by atoms with Gasteiger partial charge in [-0.2, -0.15) is 26.3 Å². The first-order valence-electron chi connectivity index (χ1n) is 4.81. The number of halogens is 8. The second kappa shape index (κ2) is 6.38. The van der Waals surface area contributed by atoms with Gasteiger partial charge in [0.25, 0.3) is 0 Å². The van der Waals surface area contributed by atoms with Gasteiger partial charge >= 0.3 is 12.4 Å². The fourth-order valence-electron chi connectivity index (χ4n) is 1.44. The predicted octanol–water partition coefficient (Wildman–Crippen LogP) is 3.70. The van der Waals surface area contributed by atoms with Crippen molar-refractivity contribution in [2.75, 3.05) is 0 Å². The lowest BCUT2D eigenvalue weighted by Gasteiger charge is -2.24. The smallest absolute Gasteiger partial charge is 0.382 e. The largest absolute Gasteiger partial charge is 0.416 e. The molecule has 0 spiro atoms. The van der Waals surface area contributed by atoms with E-state index < -0.39 is 35.6 Å². The van der Waals surface area contributed by atoms with Crippen LogP contribution in [0.5, 0.6) is 0 Å². The van der Waals surface area contributed by atoms with Crippen molar-refractivity contribution >= 4 is 24.0 Å². The number of rotatable bonds is 2. The van der Waals surface area contributed by atoms with Crippen LogP contribution in [-0.4, -0.2) is 17.4 Å². The summed E-state index contributed by atoms with van der Waals surface area (Å²) >= 11 is 5.37. The molecule has 1 aromatic carbocycles. The van der Waals surface area contributed by atoms with Gasteiger partial charge in [0.1, 0.15) is 0 Å². The lowest BCUT2D eigenvalue weighted by molar-refractivity contribution is -0.211. The number of nitrogens with two attached hydrogens (primary N) is 1. The Morgan fingerprint density at radius 2 is 1.60 bits per heavy atom. The Kier molecular flexibility index (Phi) is 6.16. The van der Waals surface area contributed by atoms with Gasteiger partial charge in [0.05, 0.1) is 11.6 Å². The van der Waals surface area contributed by atoms with E-state index in [1.54, 1.807) is 0 Å². The van der Waals surface area contributed by atoms with E-state index in [1.165, 1.54) is 0 Å². The molecule has 0 aliphatic rings. The van der Waals surface area contributed by atoms with Crippen LogP contribution in [0.3, 0.4) is 0 Å². The van der Waals surface area contributed by atoms with Gasteiger partial charge in [-0.1, -0.05) is 17.7 Å². The molecule has 1 aromatic rings. The van der Waals surface area contributed by atoms with E-state index in [0.717, 1.165) is 6.07 Å². The number of hydrogen-bond acceptors (Lipinski definition) is 2. The molecule has 116 valence electrons. The standard InChI is InChI=1S/C10H8ClF6NO.ClH/c11-4-1-2-5(6(3-4)9(12,13)14)7(18)8(19)10(15,16)17;/h1-3,7-8,19H,18H2;1H/t7-,8-;/m0./s1. The van der Waals surface area contributed by atoms with E-state index in [9.17, 15) is 26.3 Å². The highest BCUT2D eigenvalue weighted by Crippen LogP contribution is 2.38. The van der Waals surface area contributed by atoms with Crippen LogP contribution < -0.4 is 5.73 Å². The average molecular weight is 344 g/mol. The van der Waals surface area contributed by atoms with Crippen LogP contribution in [0.15, 0.2) is 18.2 Å². The van der Waals surface area contributed by atoms with E-state index in [-0.39, 0.29) is 17.4 Å². The Morgan fingerprint density at radius 1 is 1.10 bits per heavy atom. The van der Waals surface area contributed by atoms with Crippen molar-refractivity contribution in [2.45, 2.75) is 24.5 Å². The third-order valence-electron chi connectivity index (χ3n) is 2.36. The van der Waals surface area contributed by atoms with Crippen molar-refractivity contribution in [3.63, 3.8) is 0 Å². The normalized spacial score (nSPS) is 15.4. The van der Waals surface area contributed by atoms with Gasteiger partial charge in [-0.15, -0.1) is 12.4 Å². The van der Waals surface area contributed by atoms with E-state index in [0.29, 0.717) is 12.1 Å². The molecule has 3 N–H and O–H groups in total. The quantitative estimate of drug-likeness (QED) is 0.804. The molecule has 2 atom stereocenters. The van der Waals surface area contributed by atoms with Crippen molar-refractivity contribution in [3.05, 3.63) is 34.3 Å². The number of hydrogen-bond donors (Lipinski definition) is 2. The Morgan fingerprint density at radius 3 is 2.00 bits per heavy atom. The molecule has 0 amide bonds. The molecular weight excluding hydrogens is 335 g/mol. The Labute approximate surface area is 120 Å². The minimum absolute atomic E-state index is 0. The second-order valence-electron chi connectivity index (χ2n) is 3.74. The molecule has 0 saturated carbocycles. The summed E-state index contributed by atoms with van der Waals surface area (Å²) in [6.45, 7) is 0. The minimum atomic E-state index is -5.12. The van der Waals surface area contributed by atoms with E-state index in [4.69, 9.17) is 22.4 Å². The Bertz CT molecular complexity index is 462. The molecule has 0 bridgehead atoms. The van der Waals surface area contributed by atoms with Crippen molar-refractivity contribution in [2.24, 2.45) is 5.73 Å². The molecule has 0 aliphatic heterocycles. The molecule has 10 heteroatoms. The molecule has 0 radical (unpaired) electrons. The number of benzene rings is 1. The zero-order valence-corrected chi connectivity index (χ0v) is 11.0. The van der Waals surface area contributed by atoms with Gasteiger partial charge in [-0.05, 0) is 17.7 Å². The van der Waals surface area contributed by atoms with Crippen molar-refractivity contribution in [3.8, 4) is 0 Å². The summed E-state index contributed by atoms with van der Waals surface area (Å²) in [6, 6.07) is -0.117. The molecular formula is C10H9Cl2F6NO. The third-order valence-corrected chi connectivity index (χ3v) is 2.59. The first kappa shape index (κ1) is 19.3. The van der Waals surface area contributed by atoms with Gasteiger partial charge in [0, 0.05) is 5.02 Å². The van der Waals surface area contributed by atoms with Crippen LogP contribution in [0.2, 0.25) is 5.02 Å². The van der Waals surface area contributed by atoms with Crippen LogP contribution in [-0.2, 0) is 6.18 Å². The zero-order chi connectivity index (χ0) is 15.0. The zero-order valence-electron chi connectivity index (χ0n) is 9.47. The maximum absolute atomic E-state index is 12.7. The van der Waals surface area contributed by atoms with Crippen molar-refractivity contribution in [1.82, 2.24) is 0 Å². The number of alkyl halides is 6. The molecule has 0 unspecified atom stereocenters. The van der Waals surface area contributed by atoms with Gasteiger partial charge in [0.2, 0.25) is 0 Å². The first-order valence-corrected chi connectivity index (χ1v) is 5.19. The van der Waals surface area contributed by atoms with Crippen LogP contribution in [0, 0.1) is 0 Å². The molecule has 0 fully saturated rings. The lowest BCUT2D eigenvalue weighted by Crippen LogP contribution is -2.39. The van der Waals surface area contributed by atoms with Gasteiger partial charge < -0.3 is 10.8 Å². The highest BCUT2D eigenvalue weighted by molar-refractivity contribution is 6.30.